The van der Waals surface area contributed by atoms with Gasteiger partial charge in [0.15, 0.2) is 5.96 Å². The smallest absolute Gasteiger partial charge is 0.254 e. The van der Waals surface area contributed by atoms with E-state index in [1.54, 1.807) is 12.1 Å². The second-order valence-corrected chi connectivity index (χ2v) is 5.74. The molecule has 1 aliphatic heterocycles. The number of nitrogens with two attached hydrogens (primary N) is 1. The van der Waals surface area contributed by atoms with Crippen LogP contribution in [0.4, 0.5) is 4.39 Å². The van der Waals surface area contributed by atoms with Crippen molar-refractivity contribution in [3.05, 3.63) is 35.6 Å². The van der Waals surface area contributed by atoms with E-state index in [2.05, 4.69) is 20.5 Å². The quantitative estimate of drug-likeness (QED) is 0.222. The van der Waals surface area contributed by atoms with Crippen LogP contribution in [0.1, 0.15) is 16.8 Å². The number of carbonyl (C=O) groups is 1. The minimum atomic E-state index is -0.533. The van der Waals surface area contributed by atoms with E-state index in [4.69, 9.17) is 10.5 Å². The second kappa shape index (κ2) is 12.8. The van der Waals surface area contributed by atoms with Gasteiger partial charge in [0.25, 0.3) is 5.91 Å². The van der Waals surface area contributed by atoms with Crippen LogP contribution >= 0.6 is 24.0 Å². The lowest BCUT2D eigenvalue weighted by Gasteiger charge is -2.26. The normalized spacial score (nSPS) is 15.2. The van der Waals surface area contributed by atoms with Crippen LogP contribution in [0.15, 0.2) is 29.3 Å². The zero-order chi connectivity index (χ0) is 17.9. The number of hydrogen-bond donors (Lipinski definition) is 3. The highest BCUT2D eigenvalue weighted by Gasteiger charge is 2.10. The maximum atomic E-state index is 13.5. The highest BCUT2D eigenvalue weighted by molar-refractivity contribution is 14.0. The summed E-state index contributed by atoms with van der Waals surface area (Å²) in [5, 5.41) is 5.56. The molecule has 0 spiro atoms. The molecule has 1 aromatic rings. The van der Waals surface area contributed by atoms with Crippen LogP contribution < -0.4 is 16.4 Å². The van der Waals surface area contributed by atoms with Gasteiger partial charge in [-0.3, -0.25) is 14.7 Å². The van der Waals surface area contributed by atoms with E-state index in [0.717, 1.165) is 39.3 Å². The summed E-state index contributed by atoms with van der Waals surface area (Å²) in [4.78, 5) is 18.4. The summed E-state index contributed by atoms with van der Waals surface area (Å²) in [6, 6.07) is 5.87. The maximum Gasteiger partial charge on any atom is 0.254 e. The Morgan fingerprint density at radius 3 is 2.65 bits per heavy atom. The molecule has 0 radical (unpaired) electrons. The molecule has 9 heteroatoms. The lowest BCUT2D eigenvalue weighted by molar-refractivity contribution is 0.0377. The third-order valence-electron chi connectivity index (χ3n) is 3.85. The van der Waals surface area contributed by atoms with Gasteiger partial charge in [0.05, 0.1) is 18.8 Å². The number of halogens is 2. The van der Waals surface area contributed by atoms with E-state index in [1.807, 2.05) is 0 Å². The van der Waals surface area contributed by atoms with Crippen molar-refractivity contribution < 1.29 is 13.9 Å². The number of benzene rings is 1. The molecule has 0 aromatic heterocycles. The minimum absolute atomic E-state index is 0. The average Bonchev–Trinajstić information content (AvgIpc) is 2.63. The lowest BCUT2D eigenvalue weighted by atomic mass is 10.2. The van der Waals surface area contributed by atoms with Gasteiger partial charge in [0.2, 0.25) is 0 Å². The highest BCUT2D eigenvalue weighted by Crippen LogP contribution is 2.05. The fraction of sp³-hybridized carbons (Fsp3) is 0.529. The number of hydrogen-bond acceptors (Lipinski definition) is 4. The van der Waals surface area contributed by atoms with Crippen LogP contribution in [0.2, 0.25) is 0 Å². The van der Waals surface area contributed by atoms with Crippen molar-refractivity contribution in [3.8, 4) is 0 Å². The van der Waals surface area contributed by atoms with E-state index in [1.165, 1.54) is 12.1 Å². The molecule has 7 nitrogen and oxygen atoms in total. The van der Waals surface area contributed by atoms with Crippen LogP contribution in [0, 0.1) is 5.82 Å². The van der Waals surface area contributed by atoms with Crippen molar-refractivity contribution in [2.75, 3.05) is 52.5 Å². The Kier molecular flexibility index (Phi) is 11.1. The fourth-order valence-electron chi connectivity index (χ4n) is 2.48. The number of carbonyl (C=O) groups excluding carboxylic acids is 1. The molecular weight excluding hydrogens is 452 g/mol. The predicted octanol–water partition coefficient (Wildman–Crippen LogP) is 0.800. The van der Waals surface area contributed by atoms with E-state index in [9.17, 15) is 9.18 Å². The van der Waals surface area contributed by atoms with Crippen molar-refractivity contribution in [2.45, 2.75) is 6.42 Å². The molecule has 1 fully saturated rings. The Labute approximate surface area is 170 Å². The Bertz CT molecular complexity index is 582. The zero-order valence-electron chi connectivity index (χ0n) is 14.7. The third-order valence-corrected chi connectivity index (χ3v) is 3.85. The Hall–Kier alpha value is -1.46. The lowest BCUT2D eigenvalue weighted by Crippen LogP contribution is -2.39. The van der Waals surface area contributed by atoms with Crippen molar-refractivity contribution >= 4 is 35.8 Å². The topological polar surface area (TPSA) is 92.0 Å². The first-order valence-corrected chi connectivity index (χ1v) is 8.53. The molecule has 0 bridgehead atoms. The molecule has 1 aliphatic rings. The number of rotatable bonds is 8. The molecule has 1 heterocycles. The van der Waals surface area contributed by atoms with Gasteiger partial charge in [-0.1, -0.05) is 12.1 Å². The Morgan fingerprint density at radius 2 is 1.92 bits per heavy atom. The monoisotopic (exact) mass is 479 g/mol. The van der Waals surface area contributed by atoms with Crippen molar-refractivity contribution in [1.29, 1.82) is 0 Å². The molecule has 146 valence electrons. The van der Waals surface area contributed by atoms with E-state index >= 15 is 0 Å². The molecule has 4 N–H and O–H groups in total. The van der Waals surface area contributed by atoms with Gasteiger partial charge in [-0.2, -0.15) is 0 Å². The number of aliphatic imine (C=N–C) groups is 1. The van der Waals surface area contributed by atoms with E-state index in [0.29, 0.717) is 25.6 Å². The second-order valence-electron chi connectivity index (χ2n) is 5.74. The first kappa shape index (κ1) is 22.6. The molecular formula is C17H27FIN5O2. The number of morpholine rings is 1. The molecule has 2 rings (SSSR count). The molecule has 0 unspecified atom stereocenters. The largest absolute Gasteiger partial charge is 0.379 e. The average molecular weight is 479 g/mol. The number of nitrogens with zero attached hydrogens (tertiary/aromatic N) is 2. The molecule has 26 heavy (non-hydrogen) atoms. The van der Waals surface area contributed by atoms with Crippen LogP contribution in [0.25, 0.3) is 0 Å². The summed E-state index contributed by atoms with van der Waals surface area (Å²) < 4.78 is 18.8. The SMILES string of the molecule is I.NC(=NCCCN1CCOCC1)NCCNC(=O)c1ccccc1F. The number of guanidine groups is 1. The van der Waals surface area contributed by atoms with Crippen LogP contribution in [-0.2, 0) is 4.74 Å². The standard InChI is InChI=1S/C17H26FN5O2.HI/c18-15-5-2-1-4-14(15)16(24)20-7-8-22-17(19)21-6-3-9-23-10-12-25-13-11-23;/h1-2,4-5H,3,6-13H2,(H,20,24)(H3,19,21,22);1H. The fourth-order valence-corrected chi connectivity index (χ4v) is 2.48. The number of ether oxygens (including phenoxy) is 1. The summed E-state index contributed by atoms with van der Waals surface area (Å²) in [5.41, 5.74) is 5.81. The summed E-state index contributed by atoms with van der Waals surface area (Å²) in [6.45, 7) is 5.93. The van der Waals surface area contributed by atoms with Crippen molar-refractivity contribution in [3.63, 3.8) is 0 Å². The van der Waals surface area contributed by atoms with Gasteiger partial charge in [-0.25, -0.2) is 4.39 Å². The van der Waals surface area contributed by atoms with Gasteiger partial charge in [-0.15, -0.1) is 24.0 Å². The summed E-state index contributed by atoms with van der Waals surface area (Å²) in [5.74, 6) is -0.627. The molecule has 1 saturated heterocycles. The first-order valence-electron chi connectivity index (χ1n) is 8.53. The van der Waals surface area contributed by atoms with Crippen LogP contribution in [0.3, 0.4) is 0 Å². The van der Waals surface area contributed by atoms with Gasteiger partial charge in [0.1, 0.15) is 5.82 Å². The summed E-state index contributed by atoms with van der Waals surface area (Å²) in [7, 11) is 0. The first-order chi connectivity index (χ1) is 12.2. The van der Waals surface area contributed by atoms with Gasteiger partial charge in [0, 0.05) is 39.3 Å². The molecule has 0 saturated carbocycles. The highest BCUT2D eigenvalue weighted by atomic mass is 127. The molecule has 0 atom stereocenters. The van der Waals surface area contributed by atoms with Gasteiger partial charge in [-0.05, 0) is 18.6 Å². The number of nitrogens with one attached hydrogen (secondary N) is 2. The molecule has 1 aromatic carbocycles. The predicted molar refractivity (Wildman–Crippen MR) is 111 cm³/mol. The number of amides is 1. The molecule has 0 aliphatic carbocycles. The van der Waals surface area contributed by atoms with E-state index in [-0.39, 0.29) is 29.5 Å². The van der Waals surface area contributed by atoms with Gasteiger partial charge < -0.3 is 21.1 Å². The Morgan fingerprint density at radius 1 is 1.23 bits per heavy atom. The van der Waals surface area contributed by atoms with Crippen molar-refractivity contribution in [1.82, 2.24) is 15.5 Å². The van der Waals surface area contributed by atoms with Gasteiger partial charge >= 0.3 is 0 Å². The maximum absolute atomic E-state index is 13.5. The van der Waals surface area contributed by atoms with Crippen LogP contribution in [-0.4, -0.2) is 69.2 Å². The Balaban J connectivity index is 0.00000338. The minimum Gasteiger partial charge on any atom is -0.379 e. The zero-order valence-corrected chi connectivity index (χ0v) is 17.1. The summed E-state index contributed by atoms with van der Waals surface area (Å²) in [6.07, 6.45) is 0.937. The van der Waals surface area contributed by atoms with Crippen molar-refractivity contribution in [2.24, 2.45) is 10.7 Å². The summed E-state index contributed by atoms with van der Waals surface area (Å²) >= 11 is 0. The molecule has 1 amide bonds. The van der Waals surface area contributed by atoms with E-state index < -0.39 is 11.7 Å². The third kappa shape index (κ3) is 8.28. The van der Waals surface area contributed by atoms with Crippen LogP contribution in [0.5, 0.6) is 0 Å².